The normalized spacial score (nSPS) is 16.1. The van der Waals surface area contributed by atoms with E-state index in [-0.39, 0.29) is 23.7 Å². The van der Waals surface area contributed by atoms with Gasteiger partial charge in [0, 0.05) is 6.07 Å². The summed E-state index contributed by atoms with van der Waals surface area (Å²) in [6, 6.07) is 9.38. The van der Waals surface area contributed by atoms with E-state index in [0.29, 0.717) is 11.3 Å². The Morgan fingerprint density at radius 3 is 2.64 bits per heavy atom. The van der Waals surface area contributed by atoms with Gasteiger partial charge in [0.2, 0.25) is 10.0 Å². The second-order valence-electron chi connectivity index (χ2n) is 6.57. The lowest BCUT2D eigenvalue weighted by Crippen LogP contribution is -2.48. The van der Waals surface area contributed by atoms with Gasteiger partial charge in [0.1, 0.15) is 5.75 Å². The van der Waals surface area contributed by atoms with Crippen molar-refractivity contribution in [1.29, 1.82) is 0 Å². The number of benzene rings is 2. The quantitative estimate of drug-likeness (QED) is 0.616. The van der Waals surface area contributed by atoms with Crippen LogP contribution in [0.25, 0.3) is 0 Å². The van der Waals surface area contributed by atoms with Crippen LogP contribution in [0.1, 0.15) is 11.1 Å². The Bertz CT molecular complexity index is 1070. The van der Waals surface area contributed by atoms with Gasteiger partial charge in [0.15, 0.2) is 6.10 Å². The molecule has 1 amide bonds. The first kappa shape index (κ1) is 19.6. The van der Waals surface area contributed by atoms with Crippen molar-refractivity contribution in [2.45, 2.75) is 20.0 Å². The molecule has 1 atom stereocenters. The number of rotatable bonds is 4. The maximum Gasteiger partial charge on any atom is 0.274 e. The molecule has 2 aromatic carbocycles. The molecule has 0 saturated carbocycles. The lowest BCUT2D eigenvalue weighted by molar-refractivity contribution is -0.385. The van der Waals surface area contributed by atoms with Crippen molar-refractivity contribution in [3.63, 3.8) is 0 Å². The molecule has 28 heavy (non-hydrogen) atoms. The van der Waals surface area contributed by atoms with Crippen LogP contribution in [-0.4, -0.2) is 38.2 Å². The van der Waals surface area contributed by atoms with Gasteiger partial charge in [-0.25, -0.2) is 8.42 Å². The van der Waals surface area contributed by atoms with Crippen LogP contribution >= 0.6 is 0 Å². The van der Waals surface area contributed by atoms with Crippen LogP contribution in [0, 0.1) is 24.0 Å². The van der Waals surface area contributed by atoms with E-state index in [4.69, 9.17) is 4.74 Å². The van der Waals surface area contributed by atoms with Gasteiger partial charge in [-0.1, -0.05) is 12.1 Å². The average molecular weight is 405 g/mol. The number of carbonyl (C=O) groups excluding carboxylic acids is 1. The standard InChI is InChI=1S/C18H19N3O6S/c1-11-7-8-16-15(9-11)20(28(3,25)26)10-17(27-16)18(22)19-13-5-4-6-14(12(13)2)21(23)24/h4-9,17H,10H2,1-3H3,(H,19,22). The summed E-state index contributed by atoms with van der Waals surface area (Å²) in [6.45, 7) is 3.15. The van der Waals surface area contributed by atoms with E-state index in [1.165, 1.54) is 25.1 Å². The predicted molar refractivity (Wildman–Crippen MR) is 104 cm³/mol. The van der Waals surface area contributed by atoms with Gasteiger partial charge >= 0.3 is 0 Å². The number of nitrogens with one attached hydrogen (secondary N) is 1. The molecule has 148 valence electrons. The molecule has 0 bridgehead atoms. The Kier molecular flexibility index (Phi) is 4.99. The zero-order valence-electron chi connectivity index (χ0n) is 15.5. The van der Waals surface area contributed by atoms with Crippen molar-refractivity contribution in [3.8, 4) is 5.75 Å². The number of hydrogen-bond acceptors (Lipinski definition) is 6. The smallest absolute Gasteiger partial charge is 0.274 e. The minimum Gasteiger partial charge on any atom is -0.476 e. The summed E-state index contributed by atoms with van der Waals surface area (Å²) >= 11 is 0. The molecule has 1 aliphatic heterocycles. The molecule has 1 N–H and O–H groups in total. The number of fused-ring (bicyclic) bond motifs is 1. The molecule has 0 saturated heterocycles. The summed E-state index contributed by atoms with van der Waals surface area (Å²) in [5.74, 6) is -0.318. The fourth-order valence-electron chi connectivity index (χ4n) is 2.98. The van der Waals surface area contributed by atoms with E-state index >= 15 is 0 Å². The number of nitrogens with zero attached hydrogens (tertiary/aromatic N) is 2. The van der Waals surface area contributed by atoms with Gasteiger partial charge in [0.05, 0.1) is 34.7 Å². The molecule has 10 heteroatoms. The van der Waals surface area contributed by atoms with Gasteiger partial charge < -0.3 is 10.1 Å². The van der Waals surface area contributed by atoms with Crippen molar-refractivity contribution in [1.82, 2.24) is 0 Å². The molecule has 0 aliphatic carbocycles. The third-order valence-corrected chi connectivity index (χ3v) is 5.58. The molecule has 3 rings (SSSR count). The fourth-order valence-corrected chi connectivity index (χ4v) is 3.89. The number of hydrogen-bond donors (Lipinski definition) is 1. The van der Waals surface area contributed by atoms with Crippen molar-refractivity contribution < 1.29 is 22.9 Å². The fraction of sp³-hybridized carbons (Fsp3) is 0.278. The lowest BCUT2D eigenvalue weighted by Gasteiger charge is -2.34. The molecule has 9 nitrogen and oxygen atoms in total. The zero-order chi connectivity index (χ0) is 20.6. The van der Waals surface area contributed by atoms with Gasteiger partial charge in [0.25, 0.3) is 11.6 Å². The first-order chi connectivity index (χ1) is 13.1. The van der Waals surface area contributed by atoms with E-state index in [1.807, 2.05) is 6.92 Å². The van der Waals surface area contributed by atoms with E-state index < -0.39 is 27.0 Å². The Labute approximate surface area is 162 Å². The minimum atomic E-state index is -3.64. The highest BCUT2D eigenvalue weighted by atomic mass is 32.2. The van der Waals surface area contributed by atoms with Crippen molar-refractivity contribution in [2.75, 3.05) is 22.4 Å². The number of sulfonamides is 1. The number of nitro benzene ring substituents is 1. The van der Waals surface area contributed by atoms with Gasteiger partial charge in [-0.15, -0.1) is 0 Å². The Balaban J connectivity index is 1.91. The molecule has 0 aromatic heterocycles. The third kappa shape index (κ3) is 3.77. The maximum absolute atomic E-state index is 12.7. The largest absolute Gasteiger partial charge is 0.476 e. The molecule has 1 aliphatic rings. The molecule has 2 aromatic rings. The average Bonchev–Trinajstić information content (AvgIpc) is 2.61. The SMILES string of the molecule is Cc1ccc2c(c1)N(S(C)(=O)=O)CC(C(=O)Nc1cccc([N+](=O)[O-])c1C)O2. The van der Waals surface area contributed by atoms with Crippen LogP contribution < -0.4 is 14.4 Å². The number of ether oxygens (including phenoxy) is 1. The van der Waals surface area contributed by atoms with Crippen molar-refractivity contribution in [3.05, 3.63) is 57.6 Å². The van der Waals surface area contributed by atoms with Crippen LogP contribution in [0.5, 0.6) is 5.75 Å². The second-order valence-corrected chi connectivity index (χ2v) is 8.47. The van der Waals surface area contributed by atoms with E-state index in [2.05, 4.69) is 5.32 Å². The highest BCUT2D eigenvalue weighted by molar-refractivity contribution is 7.92. The highest BCUT2D eigenvalue weighted by Gasteiger charge is 2.35. The van der Waals surface area contributed by atoms with E-state index in [9.17, 15) is 23.3 Å². The molecule has 0 spiro atoms. The van der Waals surface area contributed by atoms with Crippen LogP contribution in [0.3, 0.4) is 0 Å². The number of amides is 1. The topological polar surface area (TPSA) is 119 Å². The second kappa shape index (κ2) is 7.12. The zero-order valence-corrected chi connectivity index (χ0v) is 16.3. The molecular formula is C18H19N3O6S. The summed E-state index contributed by atoms with van der Waals surface area (Å²) in [6.07, 6.45) is -0.0482. The number of nitro groups is 1. The Morgan fingerprint density at radius 1 is 1.29 bits per heavy atom. The van der Waals surface area contributed by atoms with E-state index in [1.54, 1.807) is 18.2 Å². The Morgan fingerprint density at radius 2 is 2.00 bits per heavy atom. The number of aryl methyl sites for hydroxylation is 1. The number of carbonyl (C=O) groups is 1. The monoisotopic (exact) mass is 405 g/mol. The van der Waals surface area contributed by atoms with Gasteiger partial charge in [-0.3, -0.25) is 19.2 Å². The lowest BCUT2D eigenvalue weighted by atomic mass is 10.1. The molecular weight excluding hydrogens is 386 g/mol. The summed E-state index contributed by atoms with van der Waals surface area (Å²) in [7, 11) is -3.64. The number of anilines is 2. The van der Waals surface area contributed by atoms with Crippen LogP contribution in [-0.2, 0) is 14.8 Å². The van der Waals surface area contributed by atoms with Gasteiger partial charge in [-0.05, 0) is 37.6 Å². The summed E-state index contributed by atoms with van der Waals surface area (Å²) in [5, 5.41) is 13.7. The minimum absolute atomic E-state index is 0.124. The van der Waals surface area contributed by atoms with Crippen LogP contribution in [0.15, 0.2) is 36.4 Å². The van der Waals surface area contributed by atoms with Gasteiger partial charge in [-0.2, -0.15) is 0 Å². The van der Waals surface area contributed by atoms with E-state index in [0.717, 1.165) is 16.1 Å². The van der Waals surface area contributed by atoms with Crippen LogP contribution in [0.2, 0.25) is 0 Å². The molecule has 0 fully saturated rings. The first-order valence-electron chi connectivity index (χ1n) is 8.38. The van der Waals surface area contributed by atoms with Crippen molar-refractivity contribution in [2.24, 2.45) is 0 Å². The third-order valence-electron chi connectivity index (χ3n) is 4.44. The van der Waals surface area contributed by atoms with Crippen molar-refractivity contribution >= 4 is 33.0 Å². The molecule has 1 heterocycles. The Hall–Kier alpha value is -3.14. The maximum atomic E-state index is 12.7. The van der Waals surface area contributed by atoms with Crippen LogP contribution in [0.4, 0.5) is 17.1 Å². The molecule has 1 unspecified atom stereocenters. The summed E-state index contributed by atoms with van der Waals surface area (Å²) in [4.78, 5) is 23.3. The summed E-state index contributed by atoms with van der Waals surface area (Å²) in [5.41, 5.74) is 1.67. The predicted octanol–water partition coefficient (Wildman–Crippen LogP) is 2.38. The molecule has 0 radical (unpaired) electrons. The first-order valence-corrected chi connectivity index (χ1v) is 10.2. The summed E-state index contributed by atoms with van der Waals surface area (Å²) < 4.78 is 31.3. The highest BCUT2D eigenvalue weighted by Crippen LogP contribution is 2.36.